The van der Waals surface area contributed by atoms with E-state index in [1.54, 1.807) is 51.1 Å². The topological polar surface area (TPSA) is 280 Å². The highest BCUT2D eigenvalue weighted by atomic mass is 32.2. The fourth-order valence-corrected chi connectivity index (χ4v) is 7.21. The quantitative estimate of drug-likeness (QED) is 0.0982. The first-order valence-corrected chi connectivity index (χ1v) is 18.4. The molecule has 6 N–H and O–H groups in total. The van der Waals surface area contributed by atoms with Crippen LogP contribution in [0.1, 0.15) is 43.6 Å². The fourth-order valence-electron chi connectivity index (χ4n) is 6.21. The number of aromatic amines is 1. The maximum absolute atomic E-state index is 15.6. The molecule has 55 heavy (non-hydrogen) atoms. The Kier molecular flexibility index (Phi) is 10.4. The first-order chi connectivity index (χ1) is 26.3. The number of hydrogen-bond donors (Lipinski definition) is 6. The van der Waals surface area contributed by atoms with Crippen LogP contribution in [-0.2, 0) is 28.8 Å². The van der Waals surface area contributed by atoms with Crippen LogP contribution in [0.5, 0.6) is 0 Å². The zero-order chi connectivity index (χ0) is 39.2. The van der Waals surface area contributed by atoms with E-state index in [-0.39, 0.29) is 34.1 Å². The number of rotatable bonds is 12. The Labute approximate surface area is 310 Å². The van der Waals surface area contributed by atoms with Crippen LogP contribution in [0.3, 0.4) is 0 Å². The summed E-state index contributed by atoms with van der Waals surface area (Å²) in [6.07, 6.45) is -6.81. The predicted octanol–water partition coefficient (Wildman–Crippen LogP) is 0.148. The zero-order valence-electron chi connectivity index (χ0n) is 29.3. The molecule has 0 unspecified atom stereocenters. The third-order valence-corrected chi connectivity index (χ3v) is 10.2. The van der Waals surface area contributed by atoms with E-state index in [1.165, 1.54) is 21.8 Å². The number of anilines is 2. The number of ether oxygens (including phenoxy) is 2. The van der Waals surface area contributed by atoms with Crippen LogP contribution in [0, 0.1) is 11.8 Å². The number of imidazole rings is 2. The van der Waals surface area contributed by atoms with Crippen molar-refractivity contribution in [3.05, 3.63) is 65.2 Å². The lowest BCUT2D eigenvalue weighted by Gasteiger charge is -2.23. The molecule has 0 bridgehead atoms. The molecule has 4 aromatic heterocycles. The molecule has 1 aromatic carbocycles. The molecular weight excluding hydrogens is 749 g/mol. The van der Waals surface area contributed by atoms with Crippen LogP contribution >= 0.6 is 0 Å². The number of aliphatic hydroxyl groups excluding tert-OH is 2. The molecule has 7 rings (SSSR count). The molecule has 2 aliphatic rings. The molecular formula is C32H36FN11O10S. The zero-order valence-corrected chi connectivity index (χ0v) is 30.1. The average molecular weight is 786 g/mol. The van der Waals surface area contributed by atoms with Crippen molar-refractivity contribution in [1.82, 2.24) is 43.8 Å². The minimum absolute atomic E-state index is 0.0458. The van der Waals surface area contributed by atoms with Gasteiger partial charge in [-0.15, -0.1) is 0 Å². The van der Waals surface area contributed by atoms with E-state index in [2.05, 4.69) is 45.3 Å². The Morgan fingerprint density at radius 1 is 1.00 bits per heavy atom. The standard InChI is InChI=1S/C32H36FN11O10S/c1-14(2)27(47)41-32-40-26-21(29(49)42-32)37-13-44(26)31-23(15(3)18(10-45)53-31)54-55(50,51)38-9-17-22(46)19(33)30(52-17)43-12-36-20-24(34-11-35-25(20)43)39-28(48)16-7-5-4-6-8-16/h4-8,11-15,17-19,22-23,30-31,38,45-46H,9-10H2,1-3H3,(H,34,35,39,48)(H2,40,41,42,47,49)/t15-,17-,18-,19+,22-,23-,30-,31-/m1/s1. The largest absolute Gasteiger partial charge is 0.394 e. The number of nitrogens with zero attached hydrogens (tertiary/aromatic N) is 7. The number of nitrogens with one attached hydrogen (secondary N) is 4. The van der Waals surface area contributed by atoms with E-state index in [0.29, 0.717) is 5.56 Å². The Balaban J connectivity index is 1.06. The van der Waals surface area contributed by atoms with Gasteiger partial charge in [-0.25, -0.2) is 28.5 Å². The van der Waals surface area contributed by atoms with Crippen LogP contribution in [-0.4, -0.2) is 113 Å². The van der Waals surface area contributed by atoms with Gasteiger partial charge < -0.3 is 25.0 Å². The van der Waals surface area contributed by atoms with Crippen molar-refractivity contribution in [3.8, 4) is 0 Å². The summed E-state index contributed by atoms with van der Waals surface area (Å²) in [5, 5.41) is 25.9. The molecule has 5 aromatic rings. The molecule has 2 aliphatic heterocycles. The highest BCUT2D eigenvalue weighted by Gasteiger charge is 2.48. The van der Waals surface area contributed by atoms with E-state index in [4.69, 9.17) is 13.7 Å². The first kappa shape index (κ1) is 38.0. The van der Waals surface area contributed by atoms with Gasteiger partial charge in [0.05, 0.1) is 25.4 Å². The maximum Gasteiger partial charge on any atom is 0.336 e. The number of aromatic nitrogens is 8. The summed E-state index contributed by atoms with van der Waals surface area (Å²) >= 11 is 0. The summed E-state index contributed by atoms with van der Waals surface area (Å²) in [5.41, 5.74) is -0.355. The first-order valence-electron chi connectivity index (χ1n) is 17.0. The van der Waals surface area contributed by atoms with Crippen LogP contribution in [0.2, 0.25) is 0 Å². The van der Waals surface area contributed by atoms with Crippen molar-refractivity contribution in [2.75, 3.05) is 23.8 Å². The van der Waals surface area contributed by atoms with Gasteiger partial charge in [-0.1, -0.05) is 39.0 Å². The van der Waals surface area contributed by atoms with E-state index in [0.717, 1.165) is 6.33 Å². The number of fused-ring (bicyclic) bond motifs is 2. The monoisotopic (exact) mass is 785 g/mol. The summed E-state index contributed by atoms with van der Waals surface area (Å²) in [5.74, 6) is -2.21. The highest BCUT2D eigenvalue weighted by Crippen LogP contribution is 2.38. The van der Waals surface area contributed by atoms with Gasteiger partial charge >= 0.3 is 10.3 Å². The molecule has 0 radical (unpaired) electrons. The van der Waals surface area contributed by atoms with Gasteiger partial charge in [-0.3, -0.25) is 33.8 Å². The summed E-state index contributed by atoms with van der Waals surface area (Å²) in [6.45, 7) is 3.71. The van der Waals surface area contributed by atoms with Gasteiger partial charge in [0.15, 0.2) is 46.8 Å². The number of carbonyl (C=O) groups excluding carboxylic acids is 2. The lowest BCUT2D eigenvalue weighted by atomic mass is 10.0. The molecule has 2 amide bonds. The van der Waals surface area contributed by atoms with Gasteiger partial charge in [0.25, 0.3) is 11.5 Å². The normalized spacial score (nSPS) is 25.6. The number of halogens is 1. The summed E-state index contributed by atoms with van der Waals surface area (Å²) in [7, 11) is -4.71. The number of benzene rings is 1. The lowest BCUT2D eigenvalue weighted by molar-refractivity contribution is -0.118. The molecule has 6 heterocycles. The van der Waals surface area contributed by atoms with Gasteiger partial charge in [0.1, 0.15) is 24.6 Å². The van der Waals surface area contributed by atoms with Gasteiger partial charge in [0.2, 0.25) is 11.9 Å². The average Bonchev–Trinajstić information content (AvgIpc) is 3.92. The fraction of sp³-hybridized carbons (Fsp3) is 0.438. The van der Waals surface area contributed by atoms with E-state index in [1.807, 2.05) is 0 Å². The summed E-state index contributed by atoms with van der Waals surface area (Å²) < 4.78 is 64.2. The number of aliphatic hydroxyl groups is 2. The molecule has 8 atom stereocenters. The van der Waals surface area contributed by atoms with E-state index >= 15 is 4.39 Å². The van der Waals surface area contributed by atoms with Crippen LogP contribution in [0.4, 0.5) is 16.2 Å². The maximum atomic E-state index is 15.6. The second-order valence-electron chi connectivity index (χ2n) is 13.2. The Bertz CT molecular complexity index is 2390. The van der Waals surface area contributed by atoms with Crippen molar-refractivity contribution in [2.24, 2.45) is 11.8 Å². The SMILES string of the molecule is CC(C)C(=O)Nc1nc2c(ncn2[C@@H]2O[C@H](CO)[C@@H](C)[C@H]2OS(=O)(=O)NC[C@H]2O[C@@H](n3cnc4c(NC(=O)c5ccccc5)ncnc43)[C@@H](F)[C@@H]2O)c(=O)[nH]1. The van der Waals surface area contributed by atoms with Crippen LogP contribution < -0.4 is 20.9 Å². The molecule has 0 spiro atoms. The third-order valence-electron chi connectivity index (χ3n) is 9.25. The molecule has 21 nitrogen and oxygen atoms in total. The Morgan fingerprint density at radius 2 is 1.69 bits per heavy atom. The highest BCUT2D eigenvalue weighted by molar-refractivity contribution is 7.84. The van der Waals surface area contributed by atoms with Gasteiger partial charge in [0, 0.05) is 23.9 Å². The lowest BCUT2D eigenvalue weighted by Crippen LogP contribution is -2.42. The van der Waals surface area contributed by atoms with Crippen molar-refractivity contribution in [1.29, 1.82) is 0 Å². The number of hydrogen-bond acceptors (Lipinski definition) is 15. The Morgan fingerprint density at radius 3 is 2.40 bits per heavy atom. The summed E-state index contributed by atoms with van der Waals surface area (Å²) in [6, 6.07) is 8.35. The molecule has 2 saturated heterocycles. The number of H-pyrrole nitrogens is 1. The van der Waals surface area contributed by atoms with Crippen molar-refractivity contribution >= 4 is 56.2 Å². The number of carbonyl (C=O) groups is 2. The Hall–Kier alpha value is -5.30. The van der Waals surface area contributed by atoms with Crippen molar-refractivity contribution in [3.63, 3.8) is 0 Å². The van der Waals surface area contributed by atoms with Crippen molar-refractivity contribution in [2.45, 2.75) is 63.8 Å². The molecule has 23 heteroatoms. The predicted molar refractivity (Wildman–Crippen MR) is 188 cm³/mol. The van der Waals surface area contributed by atoms with E-state index < -0.39 is 95.7 Å². The minimum Gasteiger partial charge on any atom is -0.394 e. The van der Waals surface area contributed by atoms with Crippen molar-refractivity contribution < 1.29 is 46.3 Å². The molecule has 292 valence electrons. The van der Waals surface area contributed by atoms with Gasteiger partial charge in [-0.2, -0.15) is 18.1 Å². The third kappa shape index (κ3) is 7.41. The molecule has 0 saturated carbocycles. The van der Waals surface area contributed by atoms with Crippen LogP contribution in [0.15, 0.2) is 54.1 Å². The number of alkyl halides is 1. The van der Waals surface area contributed by atoms with E-state index in [9.17, 15) is 33.0 Å². The smallest absolute Gasteiger partial charge is 0.336 e. The minimum atomic E-state index is -4.71. The second-order valence-corrected chi connectivity index (χ2v) is 14.6. The number of amides is 2. The summed E-state index contributed by atoms with van der Waals surface area (Å²) in [4.78, 5) is 61.0. The van der Waals surface area contributed by atoms with Gasteiger partial charge in [-0.05, 0) is 12.1 Å². The second kappa shape index (κ2) is 15.1. The van der Waals surface area contributed by atoms with Crippen LogP contribution in [0.25, 0.3) is 22.3 Å². The molecule has 0 aliphatic carbocycles. The molecule has 2 fully saturated rings.